The minimum absolute atomic E-state index is 0.395. The number of rotatable bonds is 2. The van der Waals surface area contributed by atoms with Gasteiger partial charge in [-0.1, -0.05) is 43.7 Å². The van der Waals surface area contributed by atoms with Crippen LogP contribution in [0.5, 0.6) is 0 Å². The predicted octanol–water partition coefficient (Wildman–Crippen LogP) is 3.45. The minimum atomic E-state index is 0.395. The highest BCUT2D eigenvalue weighted by molar-refractivity contribution is 5.26. The van der Waals surface area contributed by atoms with Gasteiger partial charge >= 0.3 is 0 Å². The molecular weight excluding hydrogens is 194 g/mol. The maximum absolute atomic E-state index is 2.50. The van der Waals surface area contributed by atoms with Gasteiger partial charge in [0.2, 0.25) is 0 Å². The number of likely N-dealkylation sites (tertiary alicyclic amines) is 1. The Hall–Kier alpha value is -0.820. The largest absolute Gasteiger partial charge is 0.305 e. The quantitative estimate of drug-likeness (QED) is 0.733. The molecule has 0 aromatic heterocycles. The van der Waals surface area contributed by atoms with E-state index in [9.17, 15) is 0 Å². The van der Waals surface area contributed by atoms with E-state index in [-0.39, 0.29) is 0 Å². The summed E-state index contributed by atoms with van der Waals surface area (Å²) in [5.74, 6) is 0. The van der Waals surface area contributed by atoms with Gasteiger partial charge < -0.3 is 4.90 Å². The summed E-state index contributed by atoms with van der Waals surface area (Å²) in [5.41, 5.74) is 1.93. The molecule has 1 heterocycles. The van der Waals surface area contributed by atoms with Crippen LogP contribution in [0, 0.1) is 0 Å². The molecule has 0 spiro atoms. The lowest BCUT2D eigenvalue weighted by Gasteiger charge is -2.35. The van der Waals surface area contributed by atoms with Crippen LogP contribution in [0.15, 0.2) is 30.3 Å². The van der Waals surface area contributed by atoms with E-state index in [0.717, 1.165) is 0 Å². The number of nitrogens with zero attached hydrogens (tertiary/aromatic N) is 1. The van der Waals surface area contributed by atoms with Crippen LogP contribution in [-0.4, -0.2) is 25.0 Å². The molecule has 1 aliphatic rings. The number of likely N-dealkylation sites (N-methyl/N-ethyl adjacent to an activating group) is 1. The van der Waals surface area contributed by atoms with Crippen molar-refractivity contribution < 1.29 is 0 Å². The molecule has 0 amide bonds. The Balaban J connectivity index is 2.30. The zero-order chi connectivity index (χ0) is 11.4. The Morgan fingerprint density at radius 2 is 1.94 bits per heavy atom. The molecule has 0 radical (unpaired) electrons. The average molecular weight is 217 g/mol. The van der Waals surface area contributed by atoms with E-state index in [1.165, 1.54) is 44.3 Å². The van der Waals surface area contributed by atoms with E-state index >= 15 is 0 Å². The fraction of sp³-hybridized carbons (Fsp3) is 0.600. The van der Waals surface area contributed by atoms with Gasteiger partial charge in [0.1, 0.15) is 0 Å². The third kappa shape index (κ3) is 2.30. The first-order valence-corrected chi connectivity index (χ1v) is 6.51. The van der Waals surface area contributed by atoms with Crippen molar-refractivity contribution in [3.05, 3.63) is 35.9 Å². The maximum atomic E-state index is 2.50. The predicted molar refractivity (Wildman–Crippen MR) is 69.8 cm³/mol. The van der Waals surface area contributed by atoms with Gasteiger partial charge in [0.15, 0.2) is 0 Å². The Bertz CT molecular complexity index is 319. The first kappa shape index (κ1) is 11.7. The Morgan fingerprint density at radius 1 is 1.19 bits per heavy atom. The van der Waals surface area contributed by atoms with Gasteiger partial charge in [-0.25, -0.2) is 0 Å². The summed E-state index contributed by atoms with van der Waals surface area (Å²) in [4.78, 5) is 2.50. The molecule has 1 fully saturated rings. The zero-order valence-corrected chi connectivity index (χ0v) is 10.6. The Morgan fingerprint density at radius 3 is 2.62 bits per heavy atom. The van der Waals surface area contributed by atoms with Crippen LogP contribution >= 0.6 is 0 Å². The van der Waals surface area contributed by atoms with Crippen molar-refractivity contribution in [3.63, 3.8) is 0 Å². The van der Waals surface area contributed by atoms with Gasteiger partial charge in [-0.3, -0.25) is 0 Å². The minimum Gasteiger partial charge on any atom is -0.305 e. The highest BCUT2D eigenvalue weighted by Gasteiger charge is 2.32. The van der Waals surface area contributed by atoms with Crippen molar-refractivity contribution in [3.8, 4) is 0 Å². The molecule has 16 heavy (non-hydrogen) atoms. The normalized spacial score (nSPS) is 27.6. The molecule has 1 aromatic carbocycles. The lowest BCUT2D eigenvalue weighted by molar-refractivity contribution is 0.256. The molecule has 1 aromatic rings. The van der Waals surface area contributed by atoms with Crippen molar-refractivity contribution >= 4 is 0 Å². The molecule has 1 heteroatoms. The SMILES string of the molecule is CC[C@]1(c2ccccc2)CCCCN(C)C1. The van der Waals surface area contributed by atoms with Crippen molar-refractivity contribution in [2.45, 2.75) is 38.0 Å². The van der Waals surface area contributed by atoms with Crippen LogP contribution in [-0.2, 0) is 5.41 Å². The number of hydrogen-bond acceptors (Lipinski definition) is 1. The van der Waals surface area contributed by atoms with Gasteiger partial charge in [-0.15, -0.1) is 0 Å². The summed E-state index contributed by atoms with van der Waals surface area (Å²) in [7, 11) is 2.26. The Kier molecular flexibility index (Phi) is 3.65. The van der Waals surface area contributed by atoms with Gasteiger partial charge in [0, 0.05) is 12.0 Å². The van der Waals surface area contributed by atoms with E-state index < -0.39 is 0 Å². The van der Waals surface area contributed by atoms with E-state index in [0.29, 0.717) is 5.41 Å². The van der Waals surface area contributed by atoms with Crippen LogP contribution in [0.1, 0.15) is 38.2 Å². The van der Waals surface area contributed by atoms with Gasteiger partial charge in [-0.05, 0) is 38.4 Å². The van der Waals surface area contributed by atoms with Crippen molar-refractivity contribution in [1.29, 1.82) is 0 Å². The third-order valence-electron chi connectivity index (χ3n) is 4.08. The lowest BCUT2D eigenvalue weighted by Crippen LogP contribution is -2.37. The molecule has 0 aliphatic carbocycles. The average Bonchev–Trinajstić information content (AvgIpc) is 2.53. The molecule has 0 unspecified atom stereocenters. The van der Waals surface area contributed by atoms with Gasteiger partial charge in [0.05, 0.1) is 0 Å². The highest BCUT2D eigenvalue weighted by Crippen LogP contribution is 2.35. The third-order valence-corrected chi connectivity index (χ3v) is 4.08. The fourth-order valence-corrected chi connectivity index (χ4v) is 3.04. The second-order valence-electron chi connectivity index (χ2n) is 5.19. The van der Waals surface area contributed by atoms with Crippen LogP contribution in [0.3, 0.4) is 0 Å². The molecule has 0 N–H and O–H groups in total. The van der Waals surface area contributed by atoms with Gasteiger partial charge in [0.25, 0.3) is 0 Å². The maximum Gasteiger partial charge on any atom is 0.00775 e. The van der Waals surface area contributed by atoms with Crippen LogP contribution < -0.4 is 0 Å². The van der Waals surface area contributed by atoms with Crippen molar-refractivity contribution in [2.24, 2.45) is 0 Å². The van der Waals surface area contributed by atoms with Crippen molar-refractivity contribution in [2.75, 3.05) is 20.1 Å². The molecule has 1 atom stereocenters. The zero-order valence-electron chi connectivity index (χ0n) is 10.6. The summed E-state index contributed by atoms with van der Waals surface area (Å²) >= 11 is 0. The highest BCUT2D eigenvalue weighted by atomic mass is 15.1. The second kappa shape index (κ2) is 5.01. The van der Waals surface area contributed by atoms with Crippen LogP contribution in [0.2, 0.25) is 0 Å². The number of hydrogen-bond donors (Lipinski definition) is 0. The topological polar surface area (TPSA) is 3.24 Å². The van der Waals surface area contributed by atoms with E-state index in [1.807, 2.05) is 0 Å². The fourth-order valence-electron chi connectivity index (χ4n) is 3.04. The summed E-state index contributed by atoms with van der Waals surface area (Å²) in [6.07, 6.45) is 5.32. The molecule has 0 bridgehead atoms. The molecule has 2 rings (SSSR count). The monoisotopic (exact) mass is 217 g/mol. The van der Waals surface area contributed by atoms with Crippen LogP contribution in [0.25, 0.3) is 0 Å². The smallest absolute Gasteiger partial charge is 0.00775 e. The molecule has 0 saturated carbocycles. The first-order valence-electron chi connectivity index (χ1n) is 6.51. The van der Waals surface area contributed by atoms with Crippen molar-refractivity contribution in [1.82, 2.24) is 4.90 Å². The summed E-state index contributed by atoms with van der Waals surface area (Å²) in [6, 6.07) is 11.1. The first-order chi connectivity index (χ1) is 7.77. The number of benzene rings is 1. The lowest BCUT2D eigenvalue weighted by atomic mass is 9.74. The summed E-state index contributed by atoms with van der Waals surface area (Å²) < 4.78 is 0. The molecule has 1 saturated heterocycles. The standard InChI is InChI=1S/C15H23N/c1-3-15(14-9-5-4-6-10-14)11-7-8-12-16(2)13-15/h4-6,9-10H,3,7-8,11-13H2,1-2H3/t15-/m0/s1. The second-order valence-corrected chi connectivity index (χ2v) is 5.19. The van der Waals surface area contributed by atoms with E-state index in [4.69, 9.17) is 0 Å². The molecular formula is C15H23N. The van der Waals surface area contributed by atoms with E-state index in [2.05, 4.69) is 49.2 Å². The summed E-state index contributed by atoms with van der Waals surface area (Å²) in [5, 5.41) is 0. The summed E-state index contributed by atoms with van der Waals surface area (Å²) in [6.45, 7) is 4.81. The van der Waals surface area contributed by atoms with Crippen LogP contribution in [0.4, 0.5) is 0 Å². The molecule has 1 nitrogen and oxygen atoms in total. The molecule has 1 aliphatic heterocycles. The molecule has 88 valence electrons. The Labute approximate surface area is 99.5 Å². The van der Waals surface area contributed by atoms with Gasteiger partial charge in [-0.2, -0.15) is 0 Å². The van der Waals surface area contributed by atoms with E-state index in [1.54, 1.807) is 0 Å².